The van der Waals surface area contributed by atoms with Crippen molar-refractivity contribution >= 4 is 23.1 Å². The van der Waals surface area contributed by atoms with Crippen LogP contribution in [0.3, 0.4) is 0 Å². The van der Waals surface area contributed by atoms with Gasteiger partial charge in [-0.1, -0.05) is 65.7 Å². The SMILES string of the molecule is Cc1ccc(C(=O)Oc2ccccc2C=Nn2c(-c3cccc(C)c3)nc3ccccc3c2=O)cc1. The van der Waals surface area contributed by atoms with Crippen molar-refractivity contribution in [2.75, 3.05) is 0 Å². The number of ether oxygens (including phenoxy) is 1. The molecule has 1 aromatic heterocycles. The molecule has 0 aliphatic heterocycles. The lowest BCUT2D eigenvalue weighted by Gasteiger charge is -2.11. The third-order valence-corrected chi connectivity index (χ3v) is 5.75. The van der Waals surface area contributed by atoms with Crippen LogP contribution in [0.5, 0.6) is 5.75 Å². The van der Waals surface area contributed by atoms with E-state index in [9.17, 15) is 9.59 Å². The second-order valence-corrected chi connectivity index (χ2v) is 8.48. The molecule has 5 rings (SSSR count). The quantitative estimate of drug-likeness (QED) is 0.184. The first-order valence-electron chi connectivity index (χ1n) is 11.5. The summed E-state index contributed by atoms with van der Waals surface area (Å²) in [6, 6.07) is 29.2. The Balaban J connectivity index is 1.57. The molecule has 0 atom stereocenters. The fourth-order valence-electron chi connectivity index (χ4n) is 3.85. The van der Waals surface area contributed by atoms with Crippen LogP contribution in [-0.4, -0.2) is 21.8 Å². The van der Waals surface area contributed by atoms with E-state index in [2.05, 4.69) is 5.10 Å². The van der Waals surface area contributed by atoms with E-state index in [-0.39, 0.29) is 5.56 Å². The summed E-state index contributed by atoms with van der Waals surface area (Å²) >= 11 is 0. The number of esters is 1. The summed E-state index contributed by atoms with van der Waals surface area (Å²) < 4.78 is 6.95. The minimum atomic E-state index is -0.471. The van der Waals surface area contributed by atoms with E-state index >= 15 is 0 Å². The number of hydrogen-bond acceptors (Lipinski definition) is 5. The minimum absolute atomic E-state index is 0.289. The molecule has 0 N–H and O–H groups in total. The van der Waals surface area contributed by atoms with Crippen molar-refractivity contribution in [3.05, 3.63) is 130 Å². The predicted molar refractivity (Wildman–Crippen MR) is 142 cm³/mol. The first-order chi connectivity index (χ1) is 17.5. The number of nitrogens with zero attached hydrogens (tertiary/aromatic N) is 3. The Hall–Kier alpha value is -4.84. The molecule has 0 radical (unpaired) electrons. The lowest BCUT2D eigenvalue weighted by atomic mass is 10.1. The van der Waals surface area contributed by atoms with Crippen LogP contribution in [0.4, 0.5) is 0 Å². The van der Waals surface area contributed by atoms with Crippen LogP contribution in [0.2, 0.25) is 0 Å². The van der Waals surface area contributed by atoms with Gasteiger partial charge in [0.1, 0.15) is 5.75 Å². The Morgan fingerprint density at radius 2 is 1.61 bits per heavy atom. The van der Waals surface area contributed by atoms with Crippen LogP contribution in [0.1, 0.15) is 27.0 Å². The third kappa shape index (κ3) is 4.70. The highest BCUT2D eigenvalue weighted by atomic mass is 16.5. The number of fused-ring (bicyclic) bond motifs is 1. The van der Waals surface area contributed by atoms with Crippen molar-refractivity contribution < 1.29 is 9.53 Å². The lowest BCUT2D eigenvalue weighted by Crippen LogP contribution is -2.20. The number of carbonyl (C=O) groups excluding carboxylic acids is 1. The van der Waals surface area contributed by atoms with E-state index in [1.807, 2.05) is 68.4 Å². The van der Waals surface area contributed by atoms with Gasteiger partial charge in [0, 0.05) is 11.1 Å². The Morgan fingerprint density at radius 1 is 0.861 bits per heavy atom. The zero-order valence-electron chi connectivity index (χ0n) is 19.9. The molecule has 36 heavy (non-hydrogen) atoms. The van der Waals surface area contributed by atoms with E-state index in [1.54, 1.807) is 42.5 Å². The zero-order valence-corrected chi connectivity index (χ0v) is 19.9. The van der Waals surface area contributed by atoms with E-state index < -0.39 is 5.97 Å². The molecular weight excluding hydrogens is 450 g/mol. The largest absolute Gasteiger partial charge is 0.422 e. The van der Waals surface area contributed by atoms with Gasteiger partial charge >= 0.3 is 5.97 Å². The second kappa shape index (κ2) is 9.80. The maximum atomic E-state index is 13.4. The van der Waals surface area contributed by atoms with Crippen molar-refractivity contribution in [1.29, 1.82) is 0 Å². The summed E-state index contributed by atoms with van der Waals surface area (Å²) in [5, 5.41) is 4.97. The van der Waals surface area contributed by atoms with E-state index in [4.69, 9.17) is 9.72 Å². The topological polar surface area (TPSA) is 73.5 Å². The number of rotatable bonds is 5. The number of aromatic nitrogens is 2. The van der Waals surface area contributed by atoms with Crippen LogP contribution in [0, 0.1) is 13.8 Å². The standard InChI is InChI=1S/C30H23N3O3/c1-20-14-16-22(17-15-20)30(35)36-27-13-6-3-9-24(27)19-31-33-28(23-10-7-8-21(2)18-23)32-26-12-5-4-11-25(26)29(33)34/h3-19H,1-2H3. The molecule has 6 heteroatoms. The molecule has 0 aliphatic rings. The number of para-hydroxylation sites is 2. The molecule has 0 saturated heterocycles. The first kappa shape index (κ1) is 22.9. The third-order valence-electron chi connectivity index (χ3n) is 5.75. The van der Waals surface area contributed by atoms with Gasteiger partial charge in [-0.15, -0.1) is 0 Å². The van der Waals surface area contributed by atoms with Crippen molar-refractivity contribution in [2.45, 2.75) is 13.8 Å². The molecule has 0 saturated carbocycles. The fraction of sp³-hybridized carbons (Fsp3) is 0.0667. The van der Waals surface area contributed by atoms with Gasteiger partial charge in [0.2, 0.25) is 0 Å². The van der Waals surface area contributed by atoms with Crippen LogP contribution in [0.25, 0.3) is 22.3 Å². The van der Waals surface area contributed by atoms with Crippen LogP contribution < -0.4 is 10.3 Å². The van der Waals surface area contributed by atoms with Crippen LogP contribution in [-0.2, 0) is 0 Å². The highest BCUT2D eigenvalue weighted by molar-refractivity contribution is 5.93. The summed E-state index contributed by atoms with van der Waals surface area (Å²) in [7, 11) is 0. The lowest BCUT2D eigenvalue weighted by molar-refractivity contribution is 0.0734. The molecule has 4 aromatic carbocycles. The van der Waals surface area contributed by atoms with Crippen LogP contribution >= 0.6 is 0 Å². The maximum Gasteiger partial charge on any atom is 0.343 e. The summed E-state index contributed by atoms with van der Waals surface area (Å²) in [6.07, 6.45) is 1.51. The molecule has 5 aromatic rings. The van der Waals surface area contributed by atoms with E-state index in [1.165, 1.54) is 10.9 Å². The molecule has 6 nitrogen and oxygen atoms in total. The predicted octanol–water partition coefficient (Wildman–Crippen LogP) is 5.78. The fourth-order valence-corrected chi connectivity index (χ4v) is 3.85. The van der Waals surface area contributed by atoms with Crippen molar-refractivity contribution in [3.63, 3.8) is 0 Å². The van der Waals surface area contributed by atoms with Gasteiger partial charge in [-0.25, -0.2) is 9.78 Å². The molecule has 0 fully saturated rings. The van der Waals surface area contributed by atoms with E-state index in [0.717, 1.165) is 16.7 Å². The van der Waals surface area contributed by atoms with Gasteiger partial charge in [-0.05, 0) is 56.3 Å². The summed E-state index contributed by atoms with van der Waals surface area (Å²) in [5.74, 6) is 0.291. The molecule has 0 aliphatic carbocycles. The molecule has 1 heterocycles. The number of carbonyl (C=O) groups is 1. The highest BCUT2D eigenvalue weighted by Gasteiger charge is 2.14. The molecule has 176 valence electrons. The van der Waals surface area contributed by atoms with Crippen LogP contribution in [0.15, 0.2) is 107 Å². The van der Waals surface area contributed by atoms with Gasteiger partial charge in [-0.2, -0.15) is 9.78 Å². The Bertz CT molecular complexity index is 1670. The van der Waals surface area contributed by atoms with Gasteiger partial charge < -0.3 is 4.74 Å². The van der Waals surface area contributed by atoms with Gasteiger partial charge in [-0.3, -0.25) is 4.79 Å². The normalized spacial score (nSPS) is 11.2. The summed E-state index contributed by atoms with van der Waals surface area (Å²) in [5.41, 5.74) is 4.17. The second-order valence-electron chi connectivity index (χ2n) is 8.48. The molecule has 0 spiro atoms. The number of aryl methyl sites for hydroxylation is 2. The first-order valence-corrected chi connectivity index (χ1v) is 11.5. The molecular formula is C30H23N3O3. The zero-order chi connectivity index (χ0) is 25.1. The highest BCUT2D eigenvalue weighted by Crippen LogP contribution is 2.21. The van der Waals surface area contributed by atoms with E-state index in [0.29, 0.717) is 33.6 Å². The summed E-state index contributed by atoms with van der Waals surface area (Å²) in [4.78, 5) is 30.9. The van der Waals surface area contributed by atoms with Gasteiger partial charge in [0.25, 0.3) is 5.56 Å². The minimum Gasteiger partial charge on any atom is -0.422 e. The molecule has 0 amide bonds. The smallest absolute Gasteiger partial charge is 0.343 e. The Kier molecular flexibility index (Phi) is 6.24. The van der Waals surface area contributed by atoms with Gasteiger partial charge in [0.05, 0.1) is 22.7 Å². The average molecular weight is 474 g/mol. The monoisotopic (exact) mass is 473 g/mol. The summed E-state index contributed by atoms with van der Waals surface area (Å²) in [6.45, 7) is 3.93. The van der Waals surface area contributed by atoms with Crippen molar-refractivity contribution in [2.24, 2.45) is 5.10 Å². The molecule has 0 bridgehead atoms. The number of benzene rings is 4. The van der Waals surface area contributed by atoms with Crippen molar-refractivity contribution in [1.82, 2.24) is 9.66 Å². The number of hydrogen-bond donors (Lipinski definition) is 0. The molecule has 0 unspecified atom stereocenters. The average Bonchev–Trinajstić information content (AvgIpc) is 2.89. The Labute approximate surface area is 208 Å². The van der Waals surface area contributed by atoms with Crippen molar-refractivity contribution in [3.8, 4) is 17.1 Å². The Morgan fingerprint density at radius 3 is 2.42 bits per heavy atom. The van der Waals surface area contributed by atoms with Gasteiger partial charge in [0.15, 0.2) is 5.82 Å². The maximum absolute atomic E-state index is 13.4.